The van der Waals surface area contributed by atoms with Crippen molar-refractivity contribution in [2.75, 3.05) is 0 Å². The van der Waals surface area contributed by atoms with Gasteiger partial charge < -0.3 is 14.6 Å². The summed E-state index contributed by atoms with van der Waals surface area (Å²) in [6.07, 6.45) is 22.4. The molecule has 0 aromatic heterocycles. The highest BCUT2D eigenvalue weighted by Crippen LogP contribution is 2.42. The lowest BCUT2D eigenvalue weighted by molar-refractivity contribution is -0.151. The van der Waals surface area contributed by atoms with Gasteiger partial charge in [-0.05, 0) is 60.1 Å². The van der Waals surface area contributed by atoms with Crippen LogP contribution in [0.4, 0.5) is 0 Å². The van der Waals surface area contributed by atoms with Gasteiger partial charge >= 0.3 is 0 Å². The first-order valence-electron chi connectivity index (χ1n) is 17.9. The van der Waals surface area contributed by atoms with E-state index < -0.39 is 5.79 Å². The van der Waals surface area contributed by atoms with E-state index in [4.69, 9.17) is 9.47 Å². The lowest BCUT2D eigenvalue weighted by atomic mass is 9.77. The van der Waals surface area contributed by atoms with E-state index in [-0.39, 0.29) is 23.0 Å². The maximum absolute atomic E-state index is 11.3. The largest absolute Gasteiger partial charge is 0.507 e. The maximum atomic E-state index is 11.3. The Bertz CT molecular complexity index is 853. The Hall–Kier alpha value is -1.06. The molecule has 1 aliphatic heterocycles. The first-order chi connectivity index (χ1) is 19.7. The van der Waals surface area contributed by atoms with Gasteiger partial charge in [-0.1, -0.05) is 157 Å². The second-order valence-electron chi connectivity index (χ2n) is 16.0. The van der Waals surface area contributed by atoms with Crippen LogP contribution < -0.4 is 0 Å². The summed E-state index contributed by atoms with van der Waals surface area (Å²) in [5.41, 5.74) is 3.04. The smallest absolute Gasteiger partial charge is 0.163 e. The molecule has 1 heterocycles. The normalized spacial score (nSPS) is 19.9. The van der Waals surface area contributed by atoms with Gasteiger partial charge in [-0.25, -0.2) is 0 Å². The average Bonchev–Trinajstić information content (AvgIpc) is 3.19. The summed E-state index contributed by atoms with van der Waals surface area (Å²) >= 11 is 0. The number of hydrogen-bond donors (Lipinski definition) is 1. The molecule has 1 N–H and O–H groups in total. The van der Waals surface area contributed by atoms with Crippen molar-refractivity contribution in [3.8, 4) is 5.75 Å². The number of benzene rings is 1. The van der Waals surface area contributed by atoms with E-state index in [1.165, 1.54) is 108 Å². The molecule has 0 aliphatic carbocycles. The molecule has 2 rings (SSSR count). The van der Waals surface area contributed by atoms with Crippen LogP contribution in [0.2, 0.25) is 0 Å². The van der Waals surface area contributed by atoms with E-state index >= 15 is 0 Å². The standard InChI is InChI=1S/C39H70O3/c1-11-13-15-16-17-18-19-20-21-22-24-26-31(25-23-14-12-2)36-34(41-39(9,10)42-36)29-30-27-32(37(3,4)5)35(40)33(28-30)38(6,7)8/h27-28,31,34,36,40H,11-26,29H2,1-10H3/t31?,34-,36+/m0/s1. The highest BCUT2D eigenvalue weighted by Gasteiger charge is 2.44. The van der Waals surface area contributed by atoms with E-state index in [1.54, 1.807) is 0 Å². The van der Waals surface area contributed by atoms with E-state index in [1.807, 2.05) is 0 Å². The third-order valence-electron chi connectivity index (χ3n) is 9.27. The number of ether oxygens (including phenoxy) is 2. The molecule has 0 amide bonds. The zero-order chi connectivity index (χ0) is 31.4. The molecule has 244 valence electrons. The molecule has 1 aliphatic rings. The van der Waals surface area contributed by atoms with Gasteiger partial charge in [-0.3, -0.25) is 0 Å². The Kier molecular flexibility index (Phi) is 15.4. The van der Waals surface area contributed by atoms with Gasteiger partial charge in [0.05, 0.1) is 12.2 Å². The van der Waals surface area contributed by atoms with Crippen LogP contribution in [0.1, 0.15) is 189 Å². The quantitative estimate of drug-likeness (QED) is 0.164. The van der Waals surface area contributed by atoms with Crippen LogP contribution in [0.5, 0.6) is 5.75 Å². The van der Waals surface area contributed by atoms with E-state index in [9.17, 15) is 5.11 Å². The van der Waals surface area contributed by atoms with E-state index in [0.29, 0.717) is 11.7 Å². The van der Waals surface area contributed by atoms with Gasteiger partial charge in [-0.2, -0.15) is 0 Å². The minimum Gasteiger partial charge on any atom is -0.507 e. The highest BCUT2D eigenvalue weighted by molar-refractivity contribution is 5.50. The summed E-state index contributed by atoms with van der Waals surface area (Å²) < 4.78 is 13.4. The van der Waals surface area contributed by atoms with Crippen LogP contribution in [0, 0.1) is 5.92 Å². The average molecular weight is 587 g/mol. The summed E-state index contributed by atoms with van der Waals surface area (Å²) in [6.45, 7) is 21.9. The number of hydrogen-bond acceptors (Lipinski definition) is 3. The fourth-order valence-electron chi connectivity index (χ4n) is 6.81. The number of phenolic OH excluding ortho intramolecular Hbond substituents is 1. The number of phenols is 1. The SMILES string of the molecule is CCCCCCCCCCCCCC(CCCCC)[C@H]1OC(C)(C)O[C@H]1Cc1cc(C(C)(C)C)c(O)c(C(C)(C)C)c1. The molecular weight excluding hydrogens is 516 g/mol. The zero-order valence-corrected chi connectivity index (χ0v) is 29.7. The van der Waals surface area contributed by atoms with Crippen molar-refractivity contribution in [1.82, 2.24) is 0 Å². The van der Waals surface area contributed by atoms with E-state index in [0.717, 1.165) is 17.5 Å². The van der Waals surface area contributed by atoms with Crippen molar-refractivity contribution < 1.29 is 14.6 Å². The van der Waals surface area contributed by atoms with Crippen LogP contribution in [-0.4, -0.2) is 23.1 Å². The summed E-state index contributed by atoms with van der Waals surface area (Å²) in [7, 11) is 0. The zero-order valence-electron chi connectivity index (χ0n) is 29.7. The Morgan fingerprint density at radius 1 is 0.667 bits per heavy atom. The first-order valence-corrected chi connectivity index (χ1v) is 17.9. The van der Waals surface area contributed by atoms with Crippen molar-refractivity contribution >= 4 is 0 Å². The van der Waals surface area contributed by atoms with Gasteiger partial charge in [0, 0.05) is 6.42 Å². The molecule has 1 unspecified atom stereocenters. The molecule has 3 atom stereocenters. The van der Waals surface area contributed by atoms with Crippen molar-refractivity contribution in [3.63, 3.8) is 0 Å². The Balaban J connectivity index is 2.10. The predicted molar refractivity (Wildman–Crippen MR) is 182 cm³/mol. The molecule has 0 radical (unpaired) electrons. The van der Waals surface area contributed by atoms with Gasteiger partial charge in [0.1, 0.15) is 5.75 Å². The van der Waals surface area contributed by atoms with Crippen LogP contribution >= 0.6 is 0 Å². The Morgan fingerprint density at radius 3 is 1.52 bits per heavy atom. The van der Waals surface area contributed by atoms with Crippen molar-refractivity contribution in [1.29, 1.82) is 0 Å². The second-order valence-corrected chi connectivity index (χ2v) is 16.0. The molecule has 1 aromatic carbocycles. The van der Waals surface area contributed by atoms with Crippen molar-refractivity contribution in [2.24, 2.45) is 5.92 Å². The topological polar surface area (TPSA) is 38.7 Å². The predicted octanol–water partition coefficient (Wildman–Crippen LogP) is 11.9. The number of aromatic hydroxyl groups is 1. The molecule has 42 heavy (non-hydrogen) atoms. The molecule has 0 spiro atoms. The summed E-state index contributed by atoms with van der Waals surface area (Å²) in [6, 6.07) is 4.46. The number of unbranched alkanes of at least 4 members (excludes halogenated alkanes) is 12. The molecule has 3 heteroatoms. The molecule has 1 saturated heterocycles. The molecule has 0 saturated carbocycles. The lowest BCUT2D eigenvalue weighted by Gasteiger charge is -2.30. The second kappa shape index (κ2) is 17.4. The minimum absolute atomic E-state index is 0.0320. The Labute approximate surface area is 261 Å². The molecule has 0 bridgehead atoms. The highest BCUT2D eigenvalue weighted by atomic mass is 16.8. The summed E-state index contributed by atoms with van der Waals surface area (Å²) in [5, 5.41) is 11.3. The van der Waals surface area contributed by atoms with Gasteiger partial charge in [-0.15, -0.1) is 0 Å². The first kappa shape index (κ1) is 37.1. The monoisotopic (exact) mass is 587 g/mol. The Morgan fingerprint density at radius 2 is 1.07 bits per heavy atom. The van der Waals surface area contributed by atoms with Crippen LogP contribution in [0.15, 0.2) is 12.1 Å². The summed E-state index contributed by atoms with van der Waals surface area (Å²) in [4.78, 5) is 0. The maximum Gasteiger partial charge on any atom is 0.163 e. The fraction of sp³-hybridized carbons (Fsp3) is 0.846. The molecule has 1 aromatic rings. The minimum atomic E-state index is -0.563. The molecule has 1 fully saturated rings. The van der Waals surface area contributed by atoms with Gasteiger partial charge in [0.25, 0.3) is 0 Å². The number of rotatable bonds is 19. The fourth-order valence-corrected chi connectivity index (χ4v) is 6.81. The third kappa shape index (κ3) is 12.5. The molecular formula is C39H70O3. The van der Waals surface area contributed by atoms with E-state index in [2.05, 4.69) is 81.4 Å². The van der Waals surface area contributed by atoms with Crippen LogP contribution in [0.3, 0.4) is 0 Å². The third-order valence-corrected chi connectivity index (χ3v) is 9.27. The van der Waals surface area contributed by atoms with Crippen molar-refractivity contribution in [2.45, 2.75) is 207 Å². The lowest BCUT2D eigenvalue weighted by Crippen LogP contribution is -2.33. The van der Waals surface area contributed by atoms with Gasteiger partial charge in [0.15, 0.2) is 5.79 Å². The van der Waals surface area contributed by atoms with Crippen LogP contribution in [0.25, 0.3) is 0 Å². The van der Waals surface area contributed by atoms with Crippen molar-refractivity contribution in [3.05, 3.63) is 28.8 Å². The van der Waals surface area contributed by atoms with Crippen LogP contribution in [-0.2, 0) is 26.7 Å². The molecule has 3 nitrogen and oxygen atoms in total. The van der Waals surface area contributed by atoms with Gasteiger partial charge in [0.2, 0.25) is 0 Å². The summed E-state index contributed by atoms with van der Waals surface area (Å²) in [5.74, 6) is 0.419.